The van der Waals surface area contributed by atoms with Crippen LogP contribution in [0.3, 0.4) is 0 Å². The Morgan fingerprint density at radius 2 is 1.89 bits per heavy atom. The molecule has 0 bridgehead atoms. The van der Waals surface area contributed by atoms with Gasteiger partial charge in [-0.3, -0.25) is 10.8 Å². The molecule has 1 unspecified atom stereocenters. The van der Waals surface area contributed by atoms with Gasteiger partial charge in [-0.2, -0.15) is 0 Å². The first-order valence-electron chi connectivity index (χ1n) is 5.25. The molecular formula is C12H9Cl3FN3. The van der Waals surface area contributed by atoms with Crippen molar-refractivity contribution in [2.45, 2.75) is 6.04 Å². The Balaban J connectivity index is 2.52. The molecule has 1 atom stereocenters. The summed E-state index contributed by atoms with van der Waals surface area (Å²) >= 11 is 17.9. The van der Waals surface area contributed by atoms with Crippen LogP contribution in [-0.2, 0) is 0 Å². The standard InChI is InChI=1S/C12H9Cl3FN3/c13-6-3-10(15)12(18-5-6)11(19-17)8-4-7(16)1-2-9(8)14/h1-5,11,19H,17H2. The van der Waals surface area contributed by atoms with Crippen LogP contribution >= 0.6 is 34.8 Å². The van der Waals surface area contributed by atoms with Crippen molar-refractivity contribution in [2.75, 3.05) is 0 Å². The van der Waals surface area contributed by atoms with E-state index in [1.54, 1.807) is 0 Å². The molecule has 0 amide bonds. The van der Waals surface area contributed by atoms with Gasteiger partial charge >= 0.3 is 0 Å². The van der Waals surface area contributed by atoms with E-state index in [2.05, 4.69) is 10.4 Å². The zero-order chi connectivity index (χ0) is 14.0. The highest BCUT2D eigenvalue weighted by molar-refractivity contribution is 6.35. The van der Waals surface area contributed by atoms with Gasteiger partial charge in [-0.15, -0.1) is 0 Å². The molecule has 0 radical (unpaired) electrons. The van der Waals surface area contributed by atoms with Crippen LogP contribution in [0.2, 0.25) is 15.1 Å². The molecule has 1 aromatic carbocycles. The molecule has 2 aromatic rings. The van der Waals surface area contributed by atoms with E-state index in [1.807, 2.05) is 0 Å². The van der Waals surface area contributed by atoms with Gasteiger partial charge in [-0.05, 0) is 29.8 Å². The summed E-state index contributed by atoms with van der Waals surface area (Å²) in [5, 5.41) is 1.07. The van der Waals surface area contributed by atoms with E-state index in [0.717, 1.165) is 0 Å². The topological polar surface area (TPSA) is 50.9 Å². The first-order valence-corrected chi connectivity index (χ1v) is 6.38. The van der Waals surface area contributed by atoms with E-state index in [4.69, 9.17) is 40.6 Å². The van der Waals surface area contributed by atoms with Crippen molar-refractivity contribution in [2.24, 2.45) is 5.84 Å². The molecule has 0 fully saturated rings. The number of halogens is 4. The number of hydrogen-bond donors (Lipinski definition) is 2. The average Bonchev–Trinajstić information content (AvgIpc) is 2.36. The second-order valence-electron chi connectivity index (χ2n) is 3.79. The third kappa shape index (κ3) is 3.16. The Labute approximate surface area is 124 Å². The molecule has 1 heterocycles. The van der Waals surface area contributed by atoms with E-state index in [9.17, 15) is 4.39 Å². The number of pyridine rings is 1. The molecule has 0 spiro atoms. The maximum Gasteiger partial charge on any atom is 0.123 e. The number of rotatable bonds is 3. The highest BCUT2D eigenvalue weighted by Gasteiger charge is 2.20. The van der Waals surface area contributed by atoms with Crippen LogP contribution in [0.4, 0.5) is 4.39 Å². The lowest BCUT2D eigenvalue weighted by atomic mass is 10.0. The van der Waals surface area contributed by atoms with Gasteiger partial charge in [0.2, 0.25) is 0 Å². The Hall–Kier alpha value is -0.910. The quantitative estimate of drug-likeness (QED) is 0.669. The first kappa shape index (κ1) is 14.5. The lowest BCUT2D eigenvalue weighted by Crippen LogP contribution is -2.30. The van der Waals surface area contributed by atoms with Crippen molar-refractivity contribution < 1.29 is 4.39 Å². The predicted molar refractivity (Wildman–Crippen MR) is 74.8 cm³/mol. The average molecular weight is 321 g/mol. The molecule has 0 saturated heterocycles. The van der Waals surface area contributed by atoms with Crippen molar-refractivity contribution in [3.8, 4) is 0 Å². The van der Waals surface area contributed by atoms with Crippen LogP contribution in [0.25, 0.3) is 0 Å². The smallest absolute Gasteiger partial charge is 0.123 e. The fourth-order valence-corrected chi connectivity index (χ4v) is 2.41. The van der Waals surface area contributed by atoms with Gasteiger partial charge in [0.15, 0.2) is 0 Å². The van der Waals surface area contributed by atoms with E-state index < -0.39 is 11.9 Å². The van der Waals surface area contributed by atoms with Crippen LogP contribution in [-0.4, -0.2) is 4.98 Å². The normalized spacial score (nSPS) is 12.5. The van der Waals surface area contributed by atoms with Gasteiger partial charge in [0.25, 0.3) is 0 Å². The number of nitrogens with zero attached hydrogens (tertiary/aromatic N) is 1. The molecule has 1 aromatic heterocycles. The van der Waals surface area contributed by atoms with Crippen molar-refractivity contribution in [1.82, 2.24) is 10.4 Å². The largest absolute Gasteiger partial charge is 0.271 e. The number of nitrogens with one attached hydrogen (secondary N) is 1. The van der Waals surface area contributed by atoms with E-state index in [1.165, 1.54) is 30.5 Å². The highest BCUT2D eigenvalue weighted by Crippen LogP contribution is 2.32. The second-order valence-corrected chi connectivity index (χ2v) is 5.04. The molecule has 19 heavy (non-hydrogen) atoms. The fraction of sp³-hybridized carbons (Fsp3) is 0.0833. The maximum absolute atomic E-state index is 13.3. The van der Waals surface area contributed by atoms with Crippen molar-refractivity contribution >= 4 is 34.8 Å². The van der Waals surface area contributed by atoms with Crippen LogP contribution in [0.1, 0.15) is 17.3 Å². The van der Waals surface area contributed by atoms with Crippen molar-refractivity contribution in [3.05, 3.63) is 62.6 Å². The summed E-state index contributed by atoms with van der Waals surface area (Å²) in [5.74, 6) is 5.07. The zero-order valence-corrected chi connectivity index (χ0v) is 11.8. The summed E-state index contributed by atoms with van der Waals surface area (Å²) in [6, 6.07) is 4.88. The summed E-state index contributed by atoms with van der Waals surface area (Å²) in [5.41, 5.74) is 3.38. The maximum atomic E-state index is 13.3. The molecule has 7 heteroatoms. The van der Waals surface area contributed by atoms with Gasteiger partial charge in [0, 0.05) is 11.2 Å². The van der Waals surface area contributed by atoms with Gasteiger partial charge in [0.1, 0.15) is 5.82 Å². The van der Waals surface area contributed by atoms with E-state index in [0.29, 0.717) is 26.3 Å². The number of hydrazine groups is 1. The van der Waals surface area contributed by atoms with Gasteiger partial charge in [-0.25, -0.2) is 9.82 Å². The Bertz CT molecular complexity index is 607. The Morgan fingerprint density at radius 1 is 1.16 bits per heavy atom. The number of nitrogens with two attached hydrogens (primary N) is 1. The minimum atomic E-state index is -0.632. The second kappa shape index (κ2) is 6.03. The molecule has 0 aliphatic heterocycles. The van der Waals surface area contributed by atoms with E-state index >= 15 is 0 Å². The molecule has 2 rings (SSSR count). The summed E-state index contributed by atoms with van der Waals surface area (Å²) in [4.78, 5) is 4.11. The SMILES string of the molecule is NNC(c1cc(F)ccc1Cl)c1ncc(Cl)cc1Cl. The summed E-state index contributed by atoms with van der Waals surface area (Å²) in [6.07, 6.45) is 1.43. The third-order valence-electron chi connectivity index (χ3n) is 2.55. The zero-order valence-electron chi connectivity index (χ0n) is 9.50. The number of benzene rings is 1. The molecule has 3 N–H and O–H groups in total. The minimum Gasteiger partial charge on any atom is -0.271 e. The number of aromatic nitrogens is 1. The molecule has 0 aliphatic carbocycles. The highest BCUT2D eigenvalue weighted by atomic mass is 35.5. The molecule has 100 valence electrons. The van der Waals surface area contributed by atoms with Crippen molar-refractivity contribution in [3.63, 3.8) is 0 Å². The van der Waals surface area contributed by atoms with Gasteiger partial charge in [0.05, 0.1) is 21.8 Å². The lowest BCUT2D eigenvalue weighted by molar-refractivity contribution is 0.598. The Kier molecular flexibility index (Phi) is 4.60. The van der Waals surface area contributed by atoms with Gasteiger partial charge in [-0.1, -0.05) is 34.8 Å². The predicted octanol–water partition coefficient (Wildman–Crippen LogP) is 3.73. The van der Waals surface area contributed by atoms with E-state index in [-0.39, 0.29) is 0 Å². The van der Waals surface area contributed by atoms with Crippen molar-refractivity contribution in [1.29, 1.82) is 0 Å². The first-order chi connectivity index (χ1) is 9.02. The summed E-state index contributed by atoms with van der Waals surface area (Å²) in [7, 11) is 0. The lowest BCUT2D eigenvalue weighted by Gasteiger charge is -2.18. The molecule has 3 nitrogen and oxygen atoms in total. The monoisotopic (exact) mass is 319 g/mol. The third-order valence-corrected chi connectivity index (χ3v) is 3.40. The molecular weight excluding hydrogens is 312 g/mol. The minimum absolute atomic E-state index is 0.316. The van der Waals surface area contributed by atoms with Crippen LogP contribution in [0.15, 0.2) is 30.5 Å². The fourth-order valence-electron chi connectivity index (χ4n) is 1.69. The molecule has 0 saturated carbocycles. The van der Waals surface area contributed by atoms with Crippen LogP contribution in [0, 0.1) is 5.82 Å². The van der Waals surface area contributed by atoms with Crippen LogP contribution < -0.4 is 11.3 Å². The Morgan fingerprint density at radius 3 is 2.53 bits per heavy atom. The van der Waals surface area contributed by atoms with Gasteiger partial charge < -0.3 is 0 Å². The summed E-state index contributed by atoms with van der Waals surface area (Å²) < 4.78 is 13.3. The van der Waals surface area contributed by atoms with Crippen LogP contribution in [0.5, 0.6) is 0 Å². The number of hydrogen-bond acceptors (Lipinski definition) is 3. The molecule has 0 aliphatic rings. The summed E-state index contributed by atoms with van der Waals surface area (Å²) in [6.45, 7) is 0.